The fourth-order valence-electron chi connectivity index (χ4n) is 2.66. The van der Waals surface area contributed by atoms with E-state index in [0.29, 0.717) is 5.82 Å². The van der Waals surface area contributed by atoms with Crippen LogP contribution in [0.1, 0.15) is 10.9 Å². The molecule has 0 fully saturated rings. The van der Waals surface area contributed by atoms with E-state index < -0.39 is 5.23 Å². The first kappa shape index (κ1) is 15.9. The van der Waals surface area contributed by atoms with Crippen molar-refractivity contribution >= 4 is 17.4 Å². The molecule has 2 aromatic carbocycles. The van der Waals surface area contributed by atoms with Crippen molar-refractivity contribution in [2.45, 2.75) is 10.5 Å². The molecule has 3 aromatic rings. The Hall–Kier alpha value is -2.59. The zero-order valence-electron chi connectivity index (χ0n) is 13.2. The summed E-state index contributed by atoms with van der Waals surface area (Å²) in [6, 6.07) is 14.4. The summed E-state index contributed by atoms with van der Waals surface area (Å²) in [4.78, 5) is 0. The SMILES string of the molecule is COc1ccccc1-c1nnc2n1N[C@H](c1ccc([NH+]([O-])O)cc1)S2. The minimum atomic E-state index is -0.936. The van der Waals surface area contributed by atoms with Crippen LogP contribution < -0.4 is 15.4 Å². The van der Waals surface area contributed by atoms with E-state index in [1.54, 1.807) is 31.4 Å². The van der Waals surface area contributed by atoms with Crippen molar-refractivity contribution in [1.29, 1.82) is 0 Å². The van der Waals surface area contributed by atoms with E-state index >= 15 is 0 Å². The van der Waals surface area contributed by atoms with E-state index in [2.05, 4.69) is 15.6 Å². The summed E-state index contributed by atoms with van der Waals surface area (Å²) in [5, 5.41) is 28.2. The van der Waals surface area contributed by atoms with Gasteiger partial charge in [-0.2, -0.15) is 5.23 Å². The van der Waals surface area contributed by atoms with Gasteiger partial charge in [0.15, 0.2) is 11.5 Å². The lowest BCUT2D eigenvalue weighted by Crippen LogP contribution is -2.99. The molecule has 9 heteroatoms. The second-order valence-corrected chi connectivity index (χ2v) is 6.47. The highest BCUT2D eigenvalue weighted by atomic mass is 32.2. The zero-order valence-corrected chi connectivity index (χ0v) is 14.0. The third-order valence-corrected chi connectivity index (χ3v) is 5.00. The van der Waals surface area contributed by atoms with Gasteiger partial charge in [-0.3, -0.25) is 0 Å². The molecule has 1 unspecified atom stereocenters. The summed E-state index contributed by atoms with van der Waals surface area (Å²) in [5.41, 5.74) is 5.42. The molecule has 1 aliphatic heterocycles. The number of nitrogens with zero attached hydrogens (tertiary/aromatic N) is 3. The average molecular weight is 357 g/mol. The first-order valence-corrected chi connectivity index (χ1v) is 8.40. The quantitative estimate of drug-likeness (QED) is 0.611. The monoisotopic (exact) mass is 357 g/mol. The number of aromatic nitrogens is 3. The zero-order chi connectivity index (χ0) is 17.4. The maximum atomic E-state index is 11.0. The molecule has 1 aromatic heterocycles. The first-order chi connectivity index (χ1) is 12.2. The normalized spacial score (nSPS) is 17.0. The fraction of sp³-hybridized carbons (Fsp3) is 0.125. The third kappa shape index (κ3) is 2.83. The van der Waals surface area contributed by atoms with Gasteiger partial charge in [0.05, 0.1) is 12.7 Å². The Bertz CT molecular complexity index is 897. The fourth-order valence-corrected chi connectivity index (χ4v) is 3.65. The molecular formula is C16H15N5O3S. The maximum absolute atomic E-state index is 11.0. The van der Waals surface area contributed by atoms with Crippen molar-refractivity contribution in [3.8, 4) is 17.1 Å². The predicted molar refractivity (Wildman–Crippen MR) is 92.2 cm³/mol. The summed E-state index contributed by atoms with van der Waals surface area (Å²) in [7, 11) is 1.62. The molecule has 0 aliphatic carbocycles. The van der Waals surface area contributed by atoms with Gasteiger partial charge in [0, 0.05) is 12.1 Å². The number of benzene rings is 2. The van der Waals surface area contributed by atoms with E-state index in [0.717, 1.165) is 22.0 Å². The van der Waals surface area contributed by atoms with Crippen LogP contribution in [0.2, 0.25) is 0 Å². The molecule has 0 saturated carbocycles. The second-order valence-electron chi connectivity index (χ2n) is 5.40. The van der Waals surface area contributed by atoms with Crippen molar-refractivity contribution in [3.63, 3.8) is 0 Å². The van der Waals surface area contributed by atoms with Gasteiger partial charge in [-0.15, -0.1) is 10.2 Å². The highest BCUT2D eigenvalue weighted by Gasteiger charge is 2.29. The number of methoxy groups -OCH3 is 1. The summed E-state index contributed by atoms with van der Waals surface area (Å²) in [5.74, 6) is 1.39. The van der Waals surface area contributed by atoms with E-state index in [9.17, 15) is 5.21 Å². The smallest absolute Gasteiger partial charge is 0.212 e. The van der Waals surface area contributed by atoms with Crippen LogP contribution in [-0.4, -0.2) is 27.2 Å². The molecule has 0 radical (unpaired) electrons. The van der Waals surface area contributed by atoms with Crippen molar-refractivity contribution < 1.29 is 15.2 Å². The van der Waals surface area contributed by atoms with E-state index in [4.69, 9.17) is 9.94 Å². The lowest BCUT2D eigenvalue weighted by Gasteiger charge is -2.15. The Labute approximate surface area is 147 Å². The largest absolute Gasteiger partial charge is 0.595 e. The van der Waals surface area contributed by atoms with Crippen LogP contribution in [0.4, 0.5) is 5.69 Å². The Kier molecular flexibility index (Phi) is 4.06. The van der Waals surface area contributed by atoms with Crippen LogP contribution in [0.5, 0.6) is 5.75 Å². The van der Waals surface area contributed by atoms with Crippen LogP contribution in [0.25, 0.3) is 11.4 Å². The van der Waals surface area contributed by atoms with Crippen LogP contribution in [-0.2, 0) is 0 Å². The standard InChI is InChI=1S/C16H15N5O3S/c1-24-13-5-3-2-4-12(13)14-17-18-16-20(14)19-15(25-16)10-6-8-11(9-7-10)21(22)23/h2-9,15,19,21-22H,1H3/t15-/m0/s1. The average Bonchev–Trinajstić information content (AvgIpc) is 3.22. The van der Waals surface area contributed by atoms with E-state index in [1.807, 2.05) is 28.9 Å². The number of hydrogen-bond acceptors (Lipinski definition) is 7. The molecule has 1 aliphatic rings. The lowest BCUT2D eigenvalue weighted by molar-refractivity contribution is -0.991. The molecule has 2 heterocycles. The minimum absolute atomic E-state index is 0.0678. The van der Waals surface area contributed by atoms with Gasteiger partial charge in [-0.25, -0.2) is 9.88 Å². The van der Waals surface area contributed by atoms with E-state index in [1.165, 1.54) is 11.8 Å². The predicted octanol–water partition coefficient (Wildman–Crippen LogP) is 1.71. The van der Waals surface area contributed by atoms with Gasteiger partial charge in [0.1, 0.15) is 11.1 Å². The van der Waals surface area contributed by atoms with Gasteiger partial charge in [-0.1, -0.05) is 23.9 Å². The molecule has 4 rings (SSSR count). The number of quaternary nitrogens is 1. The number of thioether (sulfide) groups is 1. The highest BCUT2D eigenvalue weighted by molar-refractivity contribution is 7.99. The van der Waals surface area contributed by atoms with Crippen LogP contribution in [0.15, 0.2) is 53.7 Å². The molecule has 3 N–H and O–H groups in total. The molecule has 0 saturated heterocycles. The molecule has 2 atom stereocenters. The summed E-state index contributed by atoms with van der Waals surface area (Å²) in [6.45, 7) is 0. The van der Waals surface area contributed by atoms with Gasteiger partial charge < -0.3 is 15.4 Å². The molecule has 25 heavy (non-hydrogen) atoms. The first-order valence-electron chi connectivity index (χ1n) is 7.52. The van der Waals surface area contributed by atoms with Crippen molar-refractivity contribution in [3.05, 3.63) is 59.3 Å². The van der Waals surface area contributed by atoms with E-state index in [-0.39, 0.29) is 11.1 Å². The number of para-hydroxylation sites is 1. The van der Waals surface area contributed by atoms with Crippen LogP contribution >= 0.6 is 11.8 Å². The van der Waals surface area contributed by atoms with Crippen molar-refractivity contribution in [1.82, 2.24) is 14.9 Å². The molecule has 0 spiro atoms. The molecule has 128 valence electrons. The van der Waals surface area contributed by atoms with Gasteiger partial charge in [0.25, 0.3) is 0 Å². The molecule has 8 nitrogen and oxygen atoms in total. The highest BCUT2D eigenvalue weighted by Crippen LogP contribution is 2.41. The topological polar surface area (TPSA) is 99.7 Å². The summed E-state index contributed by atoms with van der Waals surface area (Å²) in [6.07, 6.45) is 0. The van der Waals surface area contributed by atoms with Crippen LogP contribution in [0.3, 0.4) is 0 Å². The molecular weight excluding hydrogens is 342 g/mol. The Morgan fingerprint density at radius 2 is 1.96 bits per heavy atom. The van der Waals surface area contributed by atoms with Crippen molar-refractivity contribution in [2.24, 2.45) is 0 Å². The van der Waals surface area contributed by atoms with Gasteiger partial charge in [-0.05, 0) is 29.8 Å². The summed E-state index contributed by atoms with van der Waals surface area (Å²) < 4.78 is 7.24. The summed E-state index contributed by atoms with van der Waals surface area (Å²) >= 11 is 1.52. The Morgan fingerprint density at radius 3 is 2.68 bits per heavy atom. The van der Waals surface area contributed by atoms with Crippen molar-refractivity contribution in [2.75, 3.05) is 12.5 Å². The molecule has 0 bridgehead atoms. The Balaban J connectivity index is 1.63. The number of rotatable bonds is 4. The van der Waals surface area contributed by atoms with Gasteiger partial charge >= 0.3 is 0 Å². The lowest BCUT2D eigenvalue weighted by atomic mass is 10.2. The number of fused-ring (bicyclic) bond motifs is 1. The number of ether oxygens (including phenoxy) is 1. The van der Waals surface area contributed by atoms with Gasteiger partial charge in [0.2, 0.25) is 5.16 Å². The Morgan fingerprint density at radius 1 is 1.20 bits per heavy atom. The second kappa shape index (κ2) is 6.37. The number of nitrogens with one attached hydrogen (secondary N) is 2. The number of hydrogen-bond donors (Lipinski definition) is 3. The minimum Gasteiger partial charge on any atom is -0.595 e. The van der Waals surface area contributed by atoms with Crippen LogP contribution in [0, 0.1) is 5.21 Å². The molecule has 0 amide bonds. The third-order valence-electron chi connectivity index (χ3n) is 3.91. The maximum Gasteiger partial charge on any atom is 0.212 e.